The molecule has 2 rings (SSSR count). The van der Waals surface area contributed by atoms with Crippen LogP contribution in [0.5, 0.6) is 17.2 Å². The van der Waals surface area contributed by atoms with Gasteiger partial charge in [0, 0.05) is 0 Å². The van der Waals surface area contributed by atoms with Gasteiger partial charge in [-0.3, -0.25) is 4.79 Å². The van der Waals surface area contributed by atoms with Crippen molar-refractivity contribution in [3.05, 3.63) is 50.6 Å². The first kappa shape index (κ1) is 20.0. The van der Waals surface area contributed by atoms with Gasteiger partial charge in [-0.2, -0.15) is 5.10 Å². The molecule has 7 heteroatoms. The largest absolute Gasteiger partial charge is 0.504 e. The van der Waals surface area contributed by atoms with Crippen LogP contribution in [0.3, 0.4) is 0 Å². The van der Waals surface area contributed by atoms with E-state index in [0.717, 1.165) is 11.1 Å². The van der Waals surface area contributed by atoms with Crippen LogP contribution in [0, 0.1) is 17.4 Å². The molecule has 2 aromatic rings. The first-order chi connectivity index (χ1) is 12.4. The van der Waals surface area contributed by atoms with Crippen LogP contribution in [0.4, 0.5) is 0 Å². The van der Waals surface area contributed by atoms with Crippen LogP contribution in [0.25, 0.3) is 0 Å². The van der Waals surface area contributed by atoms with E-state index in [0.29, 0.717) is 27.2 Å². The van der Waals surface area contributed by atoms with Gasteiger partial charge in [-0.25, -0.2) is 5.43 Å². The molecule has 6 nitrogen and oxygen atoms in total. The van der Waals surface area contributed by atoms with E-state index in [2.05, 4.69) is 10.5 Å². The normalized spacial score (nSPS) is 10.8. The molecule has 0 spiro atoms. The number of hydrogen-bond donors (Lipinski definition) is 2. The van der Waals surface area contributed by atoms with E-state index in [1.165, 1.54) is 6.21 Å². The maximum Gasteiger partial charge on any atom is 0.277 e. The second-order valence-corrected chi connectivity index (χ2v) is 6.75. The Balaban J connectivity index is 1.95. The molecule has 0 fully saturated rings. The number of rotatable bonds is 7. The fourth-order valence-electron chi connectivity index (χ4n) is 2.31. The average Bonchev–Trinajstić information content (AvgIpc) is 2.59. The average molecular weight is 468 g/mol. The van der Waals surface area contributed by atoms with Crippen LogP contribution < -0.4 is 14.9 Å². The molecular weight excluding hydrogens is 447 g/mol. The number of amides is 1. The Bertz CT molecular complexity index is 801. The highest BCUT2D eigenvalue weighted by Crippen LogP contribution is 2.32. The van der Waals surface area contributed by atoms with Gasteiger partial charge in [0.05, 0.1) is 16.4 Å². The molecule has 0 aliphatic carbocycles. The van der Waals surface area contributed by atoms with Crippen molar-refractivity contribution in [2.75, 3.05) is 13.2 Å². The lowest BCUT2D eigenvalue weighted by molar-refractivity contribution is -0.123. The molecule has 0 aromatic heterocycles. The molecule has 0 saturated carbocycles. The van der Waals surface area contributed by atoms with Crippen molar-refractivity contribution in [1.82, 2.24) is 5.43 Å². The summed E-state index contributed by atoms with van der Waals surface area (Å²) in [5.41, 5.74) is 5.08. The second kappa shape index (κ2) is 9.42. The first-order valence-corrected chi connectivity index (χ1v) is 9.16. The SMILES string of the molecule is CCOc1cc(C=NNC(=O)COc2c(C)cccc2C)cc(I)c1O. The Morgan fingerprint density at radius 2 is 1.96 bits per heavy atom. The molecule has 0 saturated heterocycles. The molecule has 138 valence electrons. The predicted molar refractivity (Wildman–Crippen MR) is 109 cm³/mol. The molecule has 0 radical (unpaired) electrons. The topological polar surface area (TPSA) is 80.2 Å². The van der Waals surface area contributed by atoms with Crippen LogP contribution in [0.2, 0.25) is 0 Å². The van der Waals surface area contributed by atoms with Crippen LogP contribution in [-0.4, -0.2) is 30.4 Å². The number of nitrogens with one attached hydrogen (secondary N) is 1. The van der Waals surface area contributed by atoms with E-state index >= 15 is 0 Å². The number of aryl methyl sites for hydroxylation is 2. The number of aromatic hydroxyl groups is 1. The van der Waals surface area contributed by atoms with Gasteiger partial charge in [-0.15, -0.1) is 0 Å². The summed E-state index contributed by atoms with van der Waals surface area (Å²) in [5, 5.41) is 13.9. The van der Waals surface area contributed by atoms with Gasteiger partial charge in [0.2, 0.25) is 0 Å². The highest BCUT2D eigenvalue weighted by molar-refractivity contribution is 14.1. The third-order valence-corrected chi connectivity index (χ3v) is 4.33. The molecule has 2 N–H and O–H groups in total. The van der Waals surface area contributed by atoms with E-state index in [4.69, 9.17) is 9.47 Å². The standard InChI is InChI=1S/C19H21IN2O4/c1-4-25-16-9-14(8-15(20)18(16)24)10-21-22-17(23)11-26-19-12(2)6-5-7-13(19)3/h5-10,24H,4,11H2,1-3H3,(H,22,23). The zero-order chi connectivity index (χ0) is 19.1. The summed E-state index contributed by atoms with van der Waals surface area (Å²) in [4.78, 5) is 11.9. The van der Waals surface area contributed by atoms with Gasteiger partial charge in [0.1, 0.15) is 5.75 Å². The van der Waals surface area contributed by atoms with Gasteiger partial charge in [0.25, 0.3) is 5.91 Å². The molecule has 0 bridgehead atoms. The van der Waals surface area contributed by atoms with Gasteiger partial charge >= 0.3 is 0 Å². The first-order valence-electron chi connectivity index (χ1n) is 8.08. The third kappa shape index (κ3) is 5.35. The van der Waals surface area contributed by atoms with Crippen LogP contribution in [0.1, 0.15) is 23.6 Å². The zero-order valence-electron chi connectivity index (χ0n) is 14.9. The lowest BCUT2D eigenvalue weighted by atomic mass is 10.1. The quantitative estimate of drug-likeness (QED) is 0.370. The van der Waals surface area contributed by atoms with Gasteiger partial charge in [-0.1, -0.05) is 18.2 Å². The third-order valence-electron chi connectivity index (χ3n) is 3.51. The Kier molecular flexibility index (Phi) is 7.26. The molecule has 1 amide bonds. The van der Waals surface area contributed by atoms with Crippen molar-refractivity contribution in [2.24, 2.45) is 5.10 Å². The van der Waals surface area contributed by atoms with Crippen LogP contribution >= 0.6 is 22.6 Å². The van der Waals surface area contributed by atoms with Crippen molar-refractivity contribution in [1.29, 1.82) is 0 Å². The van der Waals surface area contributed by atoms with E-state index in [-0.39, 0.29) is 18.3 Å². The lowest BCUT2D eigenvalue weighted by Crippen LogP contribution is -2.25. The molecule has 0 unspecified atom stereocenters. The molecule has 0 atom stereocenters. The van der Waals surface area contributed by atoms with E-state index < -0.39 is 0 Å². The minimum atomic E-state index is -0.359. The lowest BCUT2D eigenvalue weighted by Gasteiger charge is -2.10. The number of phenolic OH excluding ortho intramolecular Hbond substituents is 1. The molecule has 26 heavy (non-hydrogen) atoms. The number of para-hydroxylation sites is 1. The van der Waals surface area contributed by atoms with Crippen LogP contribution in [0.15, 0.2) is 35.4 Å². The van der Waals surface area contributed by atoms with E-state index in [1.54, 1.807) is 12.1 Å². The number of carbonyl (C=O) groups excluding carboxylic acids is 1. The Hall–Kier alpha value is -2.29. The Morgan fingerprint density at radius 1 is 1.27 bits per heavy atom. The molecule has 0 aliphatic rings. The van der Waals surface area contributed by atoms with Gasteiger partial charge in [0.15, 0.2) is 18.1 Å². The summed E-state index contributed by atoms with van der Waals surface area (Å²) >= 11 is 2.01. The number of phenols is 1. The molecular formula is C19H21IN2O4. The number of carbonyl (C=O) groups is 1. The number of benzene rings is 2. The number of halogens is 1. The highest BCUT2D eigenvalue weighted by atomic mass is 127. The fourth-order valence-corrected chi connectivity index (χ4v) is 2.93. The summed E-state index contributed by atoms with van der Waals surface area (Å²) in [6, 6.07) is 9.20. The zero-order valence-corrected chi connectivity index (χ0v) is 17.0. The van der Waals surface area contributed by atoms with Crippen molar-refractivity contribution in [3.8, 4) is 17.2 Å². The predicted octanol–water partition coefficient (Wildman–Crippen LogP) is 3.54. The molecule has 0 aliphatic heterocycles. The van der Waals surface area contributed by atoms with Crippen LogP contribution in [-0.2, 0) is 4.79 Å². The highest BCUT2D eigenvalue weighted by Gasteiger charge is 2.09. The second-order valence-electron chi connectivity index (χ2n) is 5.59. The number of nitrogens with zero attached hydrogens (tertiary/aromatic N) is 1. The summed E-state index contributed by atoms with van der Waals surface area (Å²) in [6.07, 6.45) is 1.49. The summed E-state index contributed by atoms with van der Waals surface area (Å²) in [7, 11) is 0. The molecule has 2 aromatic carbocycles. The van der Waals surface area contributed by atoms with Gasteiger partial charge < -0.3 is 14.6 Å². The van der Waals surface area contributed by atoms with Crippen molar-refractivity contribution < 1.29 is 19.4 Å². The monoisotopic (exact) mass is 468 g/mol. The summed E-state index contributed by atoms with van der Waals surface area (Å²) in [5.74, 6) is 0.824. The number of hydrazone groups is 1. The minimum Gasteiger partial charge on any atom is -0.504 e. The fraction of sp³-hybridized carbons (Fsp3) is 0.263. The number of hydrogen-bond acceptors (Lipinski definition) is 5. The van der Waals surface area contributed by atoms with Crippen molar-refractivity contribution in [2.45, 2.75) is 20.8 Å². The molecule has 0 heterocycles. The summed E-state index contributed by atoms with van der Waals surface area (Å²) in [6.45, 7) is 6.02. The summed E-state index contributed by atoms with van der Waals surface area (Å²) < 4.78 is 11.6. The Labute approximate surface area is 166 Å². The maximum atomic E-state index is 11.9. The van der Waals surface area contributed by atoms with Crippen molar-refractivity contribution >= 4 is 34.7 Å². The number of ether oxygens (including phenoxy) is 2. The van der Waals surface area contributed by atoms with Gasteiger partial charge in [-0.05, 0) is 72.2 Å². The van der Waals surface area contributed by atoms with Crippen molar-refractivity contribution in [3.63, 3.8) is 0 Å². The van der Waals surface area contributed by atoms with E-state index in [1.807, 2.05) is 61.6 Å². The Morgan fingerprint density at radius 3 is 2.62 bits per heavy atom. The van der Waals surface area contributed by atoms with E-state index in [9.17, 15) is 9.90 Å². The minimum absolute atomic E-state index is 0.0932. The maximum absolute atomic E-state index is 11.9. The smallest absolute Gasteiger partial charge is 0.277 e.